The van der Waals surface area contributed by atoms with Crippen LogP contribution in [0.4, 0.5) is 0 Å². The molecule has 1 amide bonds. The van der Waals surface area contributed by atoms with Crippen LogP contribution < -0.4 is 14.9 Å². The third-order valence-electron chi connectivity index (χ3n) is 6.77. The Bertz CT molecular complexity index is 1320. The molecule has 0 aliphatic carbocycles. The van der Waals surface area contributed by atoms with Crippen molar-refractivity contribution in [1.82, 2.24) is 19.7 Å². The molecule has 1 aromatic heterocycles. The molecular formula is C27H32Cl2N4O4Si. The van der Waals surface area contributed by atoms with Crippen molar-refractivity contribution in [2.45, 2.75) is 45.9 Å². The number of hydrogen-bond acceptors (Lipinski definition) is 6. The first-order chi connectivity index (χ1) is 18.2. The summed E-state index contributed by atoms with van der Waals surface area (Å²) >= 11 is 12.2. The molecule has 0 bridgehead atoms. The van der Waals surface area contributed by atoms with Gasteiger partial charge in [0.2, 0.25) is 0 Å². The average Bonchev–Trinajstić information content (AvgIpc) is 3.26. The zero-order valence-corrected chi connectivity index (χ0v) is 24.6. The second-order valence-electron chi connectivity index (χ2n) is 9.28. The number of hydrogen-bond donors (Lipinski definition) is 1. The molecule has 38 heavy (non-hydrogen) atoms. The number of fused-ring (bicyclic) bond motifs is 1. The van der Waals surface area contributed by atoms with Crippen LogP contribution in [0.5, 0.6) is 5.75 Å². The van der Waals surface area contributed by atoms with Crippen molar-refractivity contribution < 1.29 is 19.1 Å². The first-order valence-electron chi connectivity index (χ1n) is 12.6. The molecule has 0 fully saturated rings. The number of carbonyl (C=O) groups is 2. The second-order valence-corrected chi connectivity index (χ2v) is 12.6. The third kappa shape index (κ3) is 6.07. The molecule has 0 saturated carbocycles. The maximum Gasteiger partial charge on any atom is 0.356 e. The summed E-state index contributed by atoms with van der Waals surface area (Å²) in [7, 11) is 0.248. The van der Waals surface area contributed by atoms with E-state index in [1.807, 2.05) is 19.1 Å². The maximum atomic E-state index is 13.4. The lowest BCUT2D eigenvalue weighted by Gasteiger charge is -2.33. The quantitative estimate of drug-likeness (QED) is 0.309. The zero-order chi connectivity index (χ0) is 27.4. The molecule has 202 valence electrons. The van der Waals surface area contributed by atoms with Crippen molar-refractivity contribution in [3.63, 3.8) is 0 Å². The standard InChI is InChI=1S/C27H32Cl2N4O4Si/c1-5-37-27(35)25-21-16-32(26(34)18-6-11-22(28)23(29)15-18)17(2)14-24(21)31-33(25)13-12-30-38(4)20-9-7-19(36-3)8-10-20/h6-11,15,17,30,38H,5,12-14,16H2,1-4H3/t17-,38+/m1/s1. The van der Waals surface area contributed by atoms with Crippen molar-refractivity contribution in [3.05, 3.63) is 75.0 Å². The van der Waals surface area contributed by atoms with E-state index in [0.717, 1.165) is 17.0 Å². The van der Waals surface area contributed by atoms with Gasteiger partial charge in [0.15, 0.2) is 5.69 Å². The highest BCUT2D eigenvalue weighted by Gasteiger charge is 2.35. The Kier molecular flexibility index (Phi) is 9.14. The maximum absolute atomic E-state index is 13.4. The molecule has 0 spiro atoms. The van der Waals surface area contributed by atoms with Crippen LogP contribution in [-0.2, 0) is 24.2 Å². The SMILES string of the molecule is CCOC(=O)c1c2c(nn1CCN[Si@@H](C)c1ccc(OC)cc1)C[C@@H](C)N(C(=O)c1ccc(Cl)c(Cl)c1)C2. The van der Waals surface area contributed by atoms with E-state index in [9.17, 15) is 9.59 Å². The number of ether oxygens (including phenoxy) is 2. The van der Waals surface area contributed by atoms with Crippen molar-refractivity contribution in [3.8, 4) is 5.75 Å². The second kappa shape index (κ2) is 12.3. The highest BCUT2D eigenvalue weighted by molar-refractivity contribution is 6.69. The van der Waals surface area contributed by atoms with Crippen LogP contribution in [0.3, 0.4) is 0 Å². The highest BCUT2D eigenvalue weighted by Crippen LogP contribution is 2.29. The molecule has 1 N–H and O–H groups in total. The van der Waals surface area contributed by atoms with Crippen LogP contribution in [0.25, 0.3) is 0 Å². The van der Waals surface area contributed by atoms with E-state index < -0.39 is 14.9 Å². The number of nitrogens with zero attached hydrogens (tertiary/aromatic N) is 3. The number of aromatic nitrogens is 2. The summed E-state index contributed by atoms with van der Waals surface area (Å²) in [6, 6.07) is 12.8. The monoisotopic (exact) mass is 574 g/mol. The van der Waals surface area contributed by atoms with E-state index in [1.54, 1.807) is 41.8 Å². The molecular weight excluding hydrogens is 543 g/mol. The number of esters is 1. The smallest absolute Gasteiger partial charge is 0.356 e. The molecule has 2 heterocycles. The summed E-state index contributed by atoms with van der Waals surface area (Å²) < 4.78 is 12.4. The van der Waals surface area contributed by atoms with Crippen LogP contribution in [-0.4, -0.2) is 61.8 Å². The summed E-state index contributed by atoms with van der Waals surface area (Å²) in [6.45, 7) is 7.63. The van der Waals surface area contributed by atoms with E-state index in [2.05, 4.69) is 23.7 Å². The molecule has 1 aliphatic rings. The van der Waals surface area contributed by atoms with Gasteiger partial charge in [-0.05, 0) is 49.4 Å². The van der Waals surface area contributed by atoms with Gasteiger partial charge in [0.25, 0.3) is 5.91 Å². The van der Waals surface area contributed by atoms with E-state index in [0.29, 0.717) is 40.8 Å². The number of benzene rings is 2. The average molecular weight is 576 g/mol. The fourth-order valence-corrected chi connectivity index (χ4v) is 6.51. The van der Waals surface area contributed by atoms with Crippen LogP contribution >= 0.6 is 23.2 Å². The Labute approximate surface area is 234 Å². The summed E-state index contributed by atoms with van der Waals surface area (Å²) in [6.07, 6.45) is 0.534. The lowest BCUT2D eigenvalue weighted by atomic mass is 9.98. The highest BCUT2D eigenvalue weighted by atomic mass is 35.5. The Hall–Kier alpha value is -2.85. The number of methoxy groups -OCH3 is 1. The van der Waals surface area contributed by atoms with E-state index in [-0.39, 0.29) is 25.1 Å². The fourth-order valence-electron chi connectivity index (χ4n) is 4.65. The van der Waals surface area contributed by atoms with Gasteiger partial charge >= 0.3 is 5.97 Å². The Morgan fingerprint density at radius 1 is 1.16 bits per heavy atom. The Balaban J connectivity index is 1.53. The molecule has 2 aromatic carbocycles. The van der Waals surface area contributed by atoms with Crippen LogP contribution in [0.15, 0.2) is 42.5 Å². The molecule has 0 radical (unpaired) electrons. The molecule has 1 aliphatic heterocycles. The minimum absolute atomic E-state index is 0.108. The predicted molar refractivity (Wildman–Crippen MR) is 151 cm³/mol. The van der Waals surface area contributed by atoms with E-state index in [4.69, 9.17) is 37.8 Å². The Morgan fingerprint density at radius 2 is 1.89 bits per heavy atom. The van der Waals surface area contributed by atoms with Crippen LogP contribution in [0.1, 0.15) is 46.0 Å². The minimum atomic E-state index is -1.41. The third-order valence-corrected chi connectivity index (χ3v) is 9.79. The van der Waals surface area contributed by atoms with E-state index in [1.165, 1.54) is 5.19 Å². The molecule has 11 heteroatoms. The fraction of sp³-hybridized carbons (Fsp3) is 0.370. The largest absolute Gasteiger partial charge is 0.497 e. The van der Waals surface area contributed by atoms with Gasteiger partial charge in [-0.1, -0.05) is 41.9 Å². The van der Waals surface area contributed by atoms with Gasteiger partial charge < -0.3 is 19.4 Å². The zero-order valence-electron chi connectivity index (χ0n) is 22.0. The normalized spacial score (nSPS) is 15.6. The molecule has 0 saturated heterocycles. The summed E-state index contributed by atoms with van der Waals surface area (Å²) in [5, 5.41) is 6.76. The van der Waals surface area contributed by atoms with Gasteiger partial charge in [0, 0.05) is 30.1 Å². The first kappa shape index (κ1) is 28.2. The van der Waals surface area contributed by atoms with Gasteiger partial charge in [-0.15, -0.1) is 0 Å². The lowest BCUT2D eigenvalue weighted by molar-refractivity contribution is 0.0502. The van der Waals surface area contributed by atoms with Crippen molar-refractivity contribution in [2.75, 3.05) is 20.3 Å². The molecule has 3 aromatic rings. The van der Waals surface area contributed by atoms with Crippen molar-refractivity contribution >= 4 is 49.2 Å². The Morgan fingerprint density at radius 3 is 2.55 bits per heavy atom. The number of rotatable bonds is 9. The molecule has 4 rings (SSSR count). The predicted octanol–water partition coefficient (Wildman–Crippen LogP) is 3.81. The van der Waals surface area contributed by atoms with Crippen molar-refractivity contribution in [2.24, 2.45) is 0 Å². The summed E-state index contributed by atoms with van der Waals surface area (Å²) in [5.41, 5.74) is 2.40. The topological polar surface area (TPSA) is 85.7 Å². The first-order valence-corrected chi connectivity index (χ1v) is 15.7. The molecule has 2 atom stereocenters. The van der Waals surface area contributed by atoms with Crippen LogP contribution in [0, 0.1) is 0 Å². The lowest BCUT2D eigenvalue weighted by Crippen LogP contribution is -2.43. The van der Waals surface area contributed by atoms with Gasteiger partial charge in [0.05, 0.1) is 42.5 Å². The summed E-state index contributed by atoms with van der Waals surface area (Å²) in [5.74, 6) is 0.223. The van der Waals surface area contributed by atoms with Gasteiger partial charge in [-0.25, -0.2) is 4.79 Å². The number of carbonyl (C=O) groups excluding carboxylic acids is 2. The van der Waals surface area contributed by atoms with Gasteiger partial charge in [-0.2, -0.15) is 5.10 Å². The van der Waals surface area contributed by atoms with E-state index >= 15 is 0 Å². The number of nitrogens with one attached hydrogen (secondary N) is 1. The van der Waals surface area contributed by atoms with Crippen LogP contribution in [0.2, 0.25) is 16.6 Å². The van der Waals surface area contributed by atoms with Crippen molar-refractivity contribution in [1.29, 1.82) is 0 Å². The summed E-state index contributed by atoms with van der Waals surface area (Å²) in [4.78, 5) is 31.8. The van der Waals surface area contributed by atoms with Gasteiger partial charge in [0.1, 0.15) is 14.7 Å². The number of amides is 1. The molecule has 0 unspecified atom stereocenters. The number of halogens is 2. The van der Waals surface area contributed by atoms with Gasteiger partial charge in [-0.3, -0.25) is 9.48 Å². The molecule has 8 nitrogen and oxygen atoms in total. The minimum Gasteiger partial charge on any atom is -0.497 e.